The van der Waals surface area contributed by atoms with E-state index >= 15 is 0 Å². The van der Waals surface area contributed by atoms with E-state index in [0.717, 1.165) is 33.1 Å². The number of benzene rings is 3. The molecule has 1 atom stereocenters. The molecule has 5 aromatic rings. The number of hydrogen-bond acceptors (Lipinski definition) is 5. The number of aromatic nitrogens is 3. The van der Waals surface area contributed by atoms with Crippen molar-refractivity contribution in [3.63, 3.8) is 0 Å². The Hall–Kier alpha value is -4.79. The third kappa shape index (κ3) is 3.28. The monoisotopic (exact) mass is 481 g/mol. The first-order valence-corrected chi connectivity index (χ1v) is 11.4. The number of imide groups is 1. The van der Waals surface area contributed by atoms with E-state index < -0.39 is 17.5 Å². The zero-order valence-corrected chi connectivity index (χ0v) is 19.6. The van der Waals surface area contributed by atoms with Gasteiger partial charge in [0, 0.05) is 28.0 Å². The van der Waals surface area contributed by atoms with Gasteiger partial charge >= 0.3 is 6.03 Å². The minimum Gasteiger partial charge on any atom is -0.497 e. The summed E-state index contributed by atoms with van der Waals surface area (Å²) in [6, 6.07) is 18.3. The lowest BCUT2D eigenvalue weighted by atomic mass is 9.88. The fourth-order valence-corrected chi connectivity index (χ4v) is 4.89. The average molecular weight is 482 g/mol. The molecular formula is C27H23N5O4. The molecule has 9 nitrogen and oxygen atoms in total. The summed E-state index contributed by atoms with van der Waals surface area (Å²) in [5, 5.41) is 25.8. The molecule has 1 aliphatic rings. The number of nitrogens with one attached hydrogen (secondary N) is 3. The summed E-state index contributed by atoms with van der Waals surface area (Å²) in [4.78, 5) is 25.4. The molecule has 1 fully saturated rings. The van der Waals surface area contributed by atoms with Crippen LogP contribution < -0.4 is 15.4 Å². The molecule has 0 aliphatic carbocycles. The van der Waals surface area contributed by atoms with Gasteiger partial charge in [-0.25, -0.2) is 4.79 Å². The van der Waals surface area contributed by atoms with E-state index in [2.05, 4.69) is 26.9 Å². The number of carbonyl (C=O) groups is 2. The number of rotatable bonds is 5. The molecule has 4 N–H and O–H groups in total. The normalized spacial score (nSPS) is 17.5. The zero-order chi connectivity index (χ0) is 25.0. The van der Waals surface area contributed by atoms with Gasteiger partial charge in [-0.05, 0) is 53.9 Å². The van der Waals surface area contributed by atoms with Gasteiger partial charge in [0.15, 0.2) is 11.4 Å². The first-order valence-electron chi connectivity index (χ1n) is 11.4. The van der Waals surface area contributed by atoms with Crippen molar-refractivity contribution in [3.05, 3.63) is 78.1 Å². The second-order valence-corrected chi connectivity index (χ2v) is 9.01. The van der Waals surface area contributed by atoms with Gasteiger partial charge in [0.1, 0.15) is 5.75 Å². The van der Waals surface area contributed by atoms with Crippen LogP contribution in [0.25, 0.3) is 32.8 Å². The minimum atomic E-state index is -1.39. The van der Waals surface area contributed by atoms with Crippen LogP contribution in [0.15, 0.2) is 66.9 Å². The molecule has 0 bridgehead atoms. The molecule has 3 amide bonds. The van der Waals surface area contributed by atoms with Crippen LogP contribution in [0.4, 0.5) is 4.79 Å². The van der Waals surface area contributed by atoms with Crippen LogP contribution in [-0.2, 0) is 16.9 Å². The van der Waals surface area contributed by atoms with Crippen LogP contribution in [0.2, 0.25) is 0 Å². The molecular weight excluding hydrogens is 458 g/mol. The highest BCUT2D eigenvalue weighted by atomic mass is 16.5. The van der Waals surface area contributed by atoms with Crippen LogP contribution in [0, 0.1) is 6.92 Å². The Morgan fingerprint density at radius 2 is 1.78 bits per heavy atom. The molecule has 0 unspecified atom stereocenters. The molecule has 2 aromatic heterocycles. The summed E-state index contributed by atoms with van der Waals surface area (Å²) in [5.41, 5.74) is 3.07. The number of nitrogens with zero attached hydrogens (tertiary/aromatic N) is 2. The third-order valence-corrected chi connectivity index (χ3v) is 6.87. The minimum absolute atomic E-state index is 0.00687. The van der Waals surface area contributed by atoms with E-state index in [1.54, 1.807) is 30.0 Å². The van der Waals surface area contributed by atoms with E-state index in [9.17, 15) is 14.7 Å². The van der Waals surface area contributed by atoms with Crippen molar-refractivity contribution in [1.29, 1.82) is 0 Å². The Labute approximate surface area is 205 Å². The van der Waals surface area contributed by atoms with Crippen LogP contribution in [0.5, 0.6) is 11.6 Å². The summed E-state index contributed by atoms with van der Waals surface area (Å²) in [7, 11) is 1.56. The number of urea groups is 1. The van der Waals surface area contributed by atoms with E-state index in [1.165, 1.54) is 0 Å². The molecule has 36 heavy (non-hydrogen) atoms. The lowest BCUT2D eigenvalue weighted by Crippen LogP contribution is -2.47. The number of methoxy groups -OCH3 is 1. The van der Waals surface area contributed by atoms with Gasteiger partial charge in [0.2, 0.25) is 0 Å². The van der Waals surface area contributed by atoms with Crippen molar-refractivity contribution in [3.8, 4) is 22.8 Å². The van der Waals surface area contributed by atoms with Gasteiger partial charge < -0.3 is 19.7 Å². The van der Waals surface area contributed by atoms with Gasteiger partial charge in [-0.15, -0.1) is 0 Å². The van der Waals surface area contributed by atoms with Gasteiger partial charge in [-0.2, -0.15) is 5.10 Å². The van der Waals surface area contributed by atoms with Crippen molar-refractivity contribution in [2.24, 2.45) is 0 Å². The van der Waals surface area contributed by atoms with E-state index in [4.69, 9.17) is 4.74 Å². The lowest BCUT2D eigenvalue weighted by Gasteiger charge is -2.27. The van der Waals surface area contributed by atoms with E-state index in [1.807, 2.05) is 49.4 Å². The van der Waals surface area contributed by atoms with Crippen molar-refractivity contribution < 1.29 is 19.4 Å². The smallest absolute Gasteiger partial charge is 0.322 e. The highest BCUT2D eigenvalue weighted by Gasteiger charge is 2.48. The van der Waals surface area contributed by atoms with Gasteiger partial charge in [-0.1, -0.05) is 30.3 Å². The topological polar surface area (TPSA) is 121 Å². The average Bonchev–Trinajstić information content (AvgIpc) is 3.51. The molecule has 3 heterocycles. The van der Waals surface area contributed by atoms with Crippen LogP contribution in [0.1, 0.15) is 11.3 Å². The third-order valence-electron chi connectivity index (χ3n) is 6.87. The fraction of sp³-hybridized carbons (Fsp3) is 0.148. The summed E-state index contributed by atoms with van der Waals surface area (Å²) in [6.45, 7) is 1.98. The van der Waals surface area contributed by atoms with Crippen LogP contribution in [-0.4, -0.2) is 38.9 Å². The number of carbonyl (C=O) groups excluding carboxylic acids is 2. The number of amides is 3. The molecule has 0 radical (unpaired) electrons. The summed E-state index contributed by atoms with van der Waals surface area (Å²) < 4.78 is 6.84. The molecule has 1 aliphatic heterocycles. The zero-order valence-electron chi connectivity index (χ0n) is 19.6. The van der Waals surface area contributed by atoms with Crippen LogP contribution >= 0.6 is 0 Å². The first-order chi connectivity index (χ1) is 17.4. The Bertz CT molecular complexity index is 1670. The SMILES string of the molecule is COc1ccc2cn(C[C@@]3(c4ccc(-c5ccc6n[nH]c(C)c6c5)cc4)NC(=O)NC3=O)c(O)c2c1. The number of aromatic amines is 1. The quantitative estimate of drug-likeness (QED) is 0.283. The number of fused-ring (bicyclic) bond motifs is 2. The van der Waals surface area contributed by atoms with Crippen molar-refractivity contribution in [2.45, 2.75) is 19.0 Å². The Morgan fingerprint density at radius 1 is 1.00 bits per heavy atom. The Kier molecular flexibility index (Phi) is 4.75. The predicted octanol–water partition coefficient (Wildman–Crippen LogP) is 3.94. The van der Waals surface area contributed by atoms with Gasteiger partial charge in [0.05, 0.1) is 19.2 Å². The number of aryl methyl sites for hydroxylation is 1. The summed E-state index contributed by atoms with van der Waals surface area (Å²) >= 11 is 0. The van der Waals surface area contributed by atoms with E-state index in [0.29, 0.717) is 16.7 Å². The van der Waals surface area contributed by atoms with Gasteiger partial charge in [0.25, 0.3) is 5.91 Å². The predicted molar refractivity (Wildman–Crippen MR) is 135 cm³/mol. The Balaban J connectivity index is 1.40. The van der Waals surface area contributed by atoms with Crippen LogP contribution in [0.3, 0.4) is 0 Å². The number of hydrogen-bond donors (Lipinski definition) is 4. The largest absolute Gasteiger partial charge is 0.497 e. The molecule has 9 heteroatoms. The lowest BCUT2D eigenvalue weighted by molar-refractivity contribution is -0.124. The molecule has 0 spiro atoms. The van der Waals surface area contributed by atoms with E-state index in [-0.39, 0.29) is 12.4 Å². The van der Waals surface area contributed by atoms with Gasteiger partial charge in [-0.3, -0.25) is 15.2 Å². The highest BCUT2D eigenvalue weighted by Crippen LogP contribution is 2.35. The van der Waals surface area contributed by atoms with Crippen molar-refractivity contribution in [2.75, 3.05) is 7.11 Å². The number of H-pyrrole nitrogens is 1. The Morgan fingerprint density at radius 3 is 2.50 bits per heavy atom. The molecule has 180 valence electrons. The maximum atomic E-state index is 13.1. The fourth-order valence-electron chi connectivity index (χ4n) is 4.89. The number of aromatic hydroxyl groups is 1. The number of ether oxygens (including phenoxy) is 1. The summed E-state index contributed by atoms with van der Waals surface area (Å²) in [5.74, 6) is 0.111. The molecule has 6 rings (SSSR count). The maximum Gasteiger partial charge on any atom is 0.322 e. The van der Waals surface area contributed by atoms with Crippen molar-refractivity contribution in [1.82, 2.24) is 25.4 Å². The standard InChI is InChI=1S/C27H23N5O4/c1-15-21-11-17(6-10-23(21)31-30-15)16-3-7-19(8-4-16)27(25(34)28-26(35)29-27)14-32-13-18-5-9-20(36-2)12-22(18)24(32)33/h3-13,33H,14H2,1-2H3,(H,30,31)(H2,28,29,34,35)/t27-/m0/s1. The highest BCUT2D eigenvalue weighted by molar-refractivity contribution is 6.07. The second kappa shape index (κ2) is 7.88. The van der Waals surface area contributed by atoms with Crippen molar-refractivity contribution >= 4 is 33.6 Å². The maximum absolute atomic E-state index is 13.1. The molecule has 0 saturated carbocycles. The molecule has 1 saturated heterocycles. The molecule has 3 aromatic carbocycles. The summed E-state index contributed by atoms with van der Waals surface area (Å²) in [6.07, 6.45) is 1.75. The first kappa shape index (κ1) is 21.7. The second-order valence-electron chi connectivity index (χ2n) is 9.01.